The first-order valence-corrected chi connectivity index (χ1v) is 14.7. The molecule has 0 bridgehead atoms. The first-order chi connectivity index (χ1) is 19.3. The number of ether oxygens (including phenoxy) is 1. The molecule has 40 heavy (non-hydrogen) atoms. The van der Waals surface area contributed by atoms with E-state index in [0.717, 1.165) is 11.1 Å². The number of piperidine rings is 1. The summed E-state index contributed by atoms with van der Waals surface area (Å²) in [5.74, 6) is 0.524. The van der Waals surface area contributed by atoms with Crippen LogP contribution in [0.4, 0.5) is 0 Å². The molecule has 2 aliphatic heterocycles. The number of aryl methyl sites for hydroxylation is 1. The summed E-state index contributed by atoms with van der Waals surface area (Å²) in [6.45, 7) is 4.18. The van der Waals surface area contributed by atoms with E-state index in [9.17, 15) is 18.0 Å². The van der Waals surface area contributed by atoms with Gasteiger partial charge in [0, 0.05) is 12.1 Å². The van der Waals surface area contributed by atoms with Crippen molar-refractivity contribution in [2.75, 3.05) is 13.2 Å². The summed E-state index contributed by atoms with van der Waals surface area (Å²) < 4.78 is 39.8. The predicted molar refractivity (Wildman–Crippen MR) is 151 cm³/mol. The van der Waals surface area contributed by atoms with Crippen molar-refractivity contribution in [3.05, 3.63) is 128 Å². The van der Waals surface area contributed by atoms with Gasteiger partial charge in [0.15, 0.2) is 0 Å². The standard InChI is InChI=1S/C30H30N4O5S/c1-3-39-28-20-31-29(35)33(23-12-8-5-9-13-23)30(36)34(31)27-18-26(22-10-6-4-7-11-22)32(19-25(27)28)40(37,38)24-16-14-21(2)15-17-24/h4-17,26-27H,3,18-20H2,1-2H3/t26-,27?/m0/s1. The number of allylic oxidation sites excluding steroid dienone is 1. The minimum absolute atomic E-state index is 0.0346. The van der Waals surface area contributed by atoms with Crippen molar-refractivity contribution in [1.82, 2.24) is 18.2 Å². The Morgan fingerprint density at radius 2 is 1.48 bits per heavy atom. The van der Waals surface area contributed by atoms with Gasteiger partial charge in [-0.05, 0) is 50.1 Å². The van der Waals surface area contributed by atoms with E-state index in [2.05, 4.69) is 0 Å². The molecule has 0 radical (unpaired) electrons. The van der Waals surface area contributed by atoms with Gasteiger partial charge in [0.1, 0.15) is 12.3 Å². The maximum Gasteiger partial charge on any atom is 0.352 e. The monoisotopic (exact) mass is 558 g/mol. The molecule has 2 atom stereocenters. The molecule has 3 heterocycles. The molecule has 206 valence electrons. The van der Waals surface area contributed by atoms with Crippen molar-refractivity contribution in [2.24, 2.45) is 0 Å². The van der Waals surface area contributed by atoms with Gasteiger partial charge in [-0.25, -0.2) is 31.9 Å². The van der Waals surface area contributed by atoms with Crippen molar-refractivity contribution in [3.63, 3.8) is 0 Å². The Morgan fingerprint density at radius 1 is 0.825 bits per heavy atom. The van der Waals surface area contributed by atoms with Crippen LogP contribution in [0.3, 0.4) is 0 Å². The van der Waals surface area contributed by atoms with E-state index in [-0.39, 0.29) is 24.4 Å². The van der Waals surface area contributed by atoms with Gasteiger partial charge in [0.25, 0.3) is 0 Å². The Bertz CT molecular complexity index is 1800. The molecular weight excluding hydrogens is 528 g/mol. The Kier molecular flexibility index (Phi) is 6.59. The lowest BCUT2D eigenvalue weighted by Crippen LogP contribution is -2.48. The second-order valence-electron chi connectivity index (χ2n) is 10.1. The van der Waals surface area contributed by atoms with Gasteiger partial charge in [-0.2, -0.15) is 4.31 Å². The molecule has 0 amide bonds. The molecule has 1 aromatic heterocycles. The minimum Gasteiger partial charge on any atom is -0.496 e. The minimum atomic E-state index is -3.92. The van der Waals surface area contributed by atoms with Crippen molar-refractivity contribution in [2.45, 2.75) is 43.8 Å². The van der Waals surface area contributed by atoms with Crippen LogP contribution in [0.2, 0.25) is 0 Å². The Hall–Kier alpha value is -4.15. The lowest BCUT2D eigenvalue weighted by molar-refractivity contribution is 0.148. The smallest absolute Gasteiger partial charge is 0.352 e. The van der Waals surface area contributed by atoms with Gasteiger partial charge in [-0.15, -0.1) is 0 Å². The number of benzene rings is 3. The molecule has 6 rings (SSSR count). The summed E-state index contributed by atoms with van der Waals surface area (Å²) >= 11 is 0. The molecule has 0 N–H and O–H groups in total. The van der Waals surface area contributed by atoms with Crippen molar-refractivity contribution in [3.8, 4) is 5.69 Å². The summed E-state index contributed by atoms with van der Waals surface area (Å²) in [5, 5.41) is 0. The normalized spacial score (nSPS) is 19.2. The molecular formula is C30H30N4O5S. The zero-order valence-electron chi connectivity index (χ0n) is 22.3. The number of nitrogens with zero attached hydrogens (tertiary/aromatic N) is 4. The van der Waals surface area contributed by atoms with E-state index >= 15 is 0 Å². The number of rotatable bonds is 6. The maximum atomic E-state index is 14.1. The molecule has 0 spiro atoms. The second-order valence-corrected chi connectivity index (χ2v) is 12.0. The average molecular weight is 559 g/mol. The summed E-state index contributed by atoms with van der Waals surface area (Å²) in [4.78, 5) is 27.6. The van der Waals surface area contributed by atoms with Crippen LogP contribution in [-0.4, -0.2) is 39.8 Å². The van der Waals surface area contributed by atoms with E-state index in [1.807, 2.05) is 50.2 Å². The zero-order chi connectivity index (χ0) is 28.0. The van der Waals surface area contributed by atoms with Gasteiger partial charge >= 0.3 is 11.4 Å². The summed E-state index contributed by atoms with van der Waals surface area (Å²) in [6, 6.07) is 23.9. The van der Waals surface area contributed by atoms with Crippen LogP contribution in [0.15, 0.2) is 111 Å². The number of hydrogen-bond donors (Lipinski definition) is 0. The molecule has 2 aliphatic rings. The molecule has 0 saturated carbocycles. The fourth-order valence-electron chi connectivity index (χ4n) is 5.74. The van der Waals surface area contributed by atoms with E-state index < -0.39 is 33.5 Å². The van der Waals surface area contributed by atoms with Crippen LogP contribution in [0.1, 0.15) is 36.6 Å². The maximum absolute atomic E-state index is 14.1. The highest BCUT2D eigenvalue weighted by Gasteiger charge is 2.45. The quantitative estimate of drug-likeness (QED) is 0.359. The van der Waals surface area contributed by atoms with E-state index in [0.29, 0.717) is 23.6 Å². The second kappa shape index (κ2) is 10.1. The fraction of sp³-hybridized carbons (Fsp3) is 0.267. The topological polar surface area (TPSA) is 95.5 Å². The highest BCUT2D eigenvalue weighted by atomic mass is 32.2. The van der Waals surface area contributed by atoms with Crippen LogP contribution in [0.25, 0.3) is 5.69 Å². The molecule has 4 aromatic rings. The number of fused-ring (bicyclic) bond motifs is 3. The van der Waals surface area contributed by atoms with Crippen LogP contribution >= 0.6 is 0 Å². The van der Waals surface area contributed by atoms with E-state index in [1.54, 1.807) is 48.5 Å². The largest absolute Gasteiger partial charge is 0.496 e. The third kappa shape index (κ3) is 4.24. The molecule has 1 unspecified atom stereocenters. The fourth-order valence-corrected chi connectivity index (χ4v) is 7.34. The van der Waals surface area contributed by atoms with Gasteiger partial charge in [-0.3, -0.25) is 0 Å². The van der Waals surface area contributed by atoms with E-state index in [1.165, 1.54) is 18.2 Å². The molecule has 1 saturated heterocycles. The molecule has 3 aromatic carbocycles. The van der Waals surface area contributed by atoms with Gasteiger partial charge in [0.2, 0.25) is 10.0 Å². The third-order valence-electron chi connectivity index (χ3n) is 7.67. The van der Waals surface area contributed by atoms with Crippen LogP contribution in [0.5, 0.6) is 0 Å². The summed E-state index contributed by atoms with van der Waals surface area (Å²) in [5.41, 5.74) is 2.02. The van der Waals surface area contributed by atoms with Crippen molar-refractivity contribution < 1.29 is 13.2 Å². The van der Waals surface area contributed by atoms with Crippen LogP contribution in [0, 0.1) is 6.92 Å². The number of hydrogen-bond acceptors (Lipinski definition) is 5. The zero-order valence-corrected chi connectivity index (χ0v) is 23.1. The SMILES string of the molecule is CCOC1=C2CN(S(=O)(=O)c3ccc(C)cc3)[C@H](c3ccccc3)CC2n2c(=O)n(-c3ccccc3)c(=O)n2C1. The predicted octanol–water partition coefficient (Wildman–Crippen LogP) is 3.79. The first-order valence-electron chi connectivity index (χ1n) is 13.3. The summed E-state index contributed by atoms with van der Waals surface area (Å²) in [6.07, 6.45) is 0.263. The number of para-hydroxylation sites is 1. The molecule has 9 nitrogen and oxygen atoms in total. The lowest BCUT2D eigenvalue weighted by Gasteiger charge is -2.43. The Labute approximate surface area is 232 Å². The molecule has 1 fully saturated rings. The highest BCUT2D eigenvalue weighted by molar-refractivity contribution is 7.89. The first kappa shape index (κ1) is 26.1. The highest BCUT2D eigenvalue weighted by Crippen LogP contribution is 2.44. The van der Waals surface area contributed by atoms with E-state index in [4.69, 9.17) is 4.74 Å². The van der Waals surface area contributed by atoms with Crippen LogP contribution in [-0.2, 0) is 21.3 Å². The molecule has 10 heteroatoms. The summed E-state index contributed by atoms with van der Waals surface area (Å²) in [7, 11) is -3.92. The average Bonchev–Trinajstić information content (AvgIpc) is 3.22. The Balaban J connectivity index is 1.53. The van der Waals surface area contributed by atoms with Gasteiger partial charge in [0.05, 0.1) is 29.3 Å². The third-order valence-corrected chi connectivity index (χ3v) is 9.54. The van der Waals surface area contributed by atoms with Crippen molar-refractivity contribution >= 4 is 10.0 Å². The van der Waals surface area contributed by atoms with Crippen molar-refractivity contribution in [1.29, 1.82) is 0 Å². The van der Waals surface area contributed by atoms with Crippen LogP contribution < -0.4 is 11.4 Å². The molecule has 0 aliphatic carbocycles. The number of aromatic nitrogens is 3. The number of sulfonamides is 1. The van der Waals surface area contributed by atoms with Gasteiger partial charge < -0.3 is 4.74 Å². The van der Waals surface area contributed by atoms with Gasteiger partial charge in [-0.1, -0.05) is 66.2 Å². The lowest BCUT2D eigenvalue weighted by atomic mass is 9.89. The Morgan fingerprint density at radius 3 is 2.12 bits per heavy atom.